The van der Waals surface area contributed by atoms with Gasteiger partial charge in [0.05, 0.1) is 24.9 Å². The first-order valence-electron chi connectivity index (χ1n) is 11.8. The number of nitrogens with zero attached hydrogens (tertiary/aromatic N) is 4. The number of carbonyl (C=O) groups is 1. The van der Waals surface area contributed by atoms with Gasteiger partial charge in [-0.3, -0.25) is 14.6 Å². The van der Waals surface area contributed by atoms with Crippen LogP contribution in [-0.2, 0) is 4.74 Å². The molecule has 0 spiro atoms. The monoisotopic (exact) mass is 498 g/mol. The van der Waals surface area contributed by atoms with Crippen LogP contribution in [0.2, 0.25) is 0 Å². The summed E-state index contributed by atoms with van der Waals surface area (Å²) in [5.74, 6) is -1.49. The molecule has 1 aliphatic heterocycles. The zero-order valence-electron chi connectivity index (χ0n) is 19.9. The van der Waals surface area contributed by atoms with E-state index < -0.39 is 29.3 Å². The van der Waals surface area contributed by atoms with Crippen molar-refractivity contribution in [3.63, 3.8) is 0 Å². The number of benzene rings is 2. The van der Waals surface area contributed by atoms with Crippen molar-refractivity contribution < 1.29 is 23.4 Å². The molecule has 36 heavy (non-hydrogen) atoms. The van der Waals surface area contributed by atoms with Gasteiger partial charge in [-0.25, -0.2) is 18.3 Å². The minimum absolute atomic E-state index is 0.208. The number of carboxylic acid groups (broad SMARTS) is 1. The van der Waals surface area contributed by atoms with Crippen molar-refractivity contribution in [2.75, 3.05) is 44.3 Å². The molecule has 1 saturated heterocycles. The van der Waals surface area contributed by atoms with Gasteiger partial charge in [0.15, 0.2) is 0 Å². The van der Waals surface area contributed by atoms with Gasteiger partial charge in [-0.2, -0.15) is 5.10 Å². The first-order valence-corrected chi connectivity index (χ1v) is 11.8. The molecule has 1 aliphatic rings. The molecule has 4 rings (SSSR count). The van der Waals surface area contributed by atoms with Gasteiger partial charge in [0.1, 0.15) is 11.6 Å². The van der Waals surface area contributed by atoms with Crippen molar-refractivity contribution in [3.8, 4) is 11.3 Å². The molecule has 10 heteroatoms. The average Bonchev–Trinajstić information content (AvgIpc) is 2.86. The molecular formula is C26H28F2N4O4. The third kappa shape index (κ3) is 6.13. The number of aromatic nitrogens is 2. The van der Waals surface area contributed by atoms with E-state index in [1.54, 1.807) is 31.2 Å². The fraction of sp³-hybridized carbons (Fsp3) is 0.346. The molecule has 1 N–H and O–H groups in total. The summed E-state index contributed by atoms with van der Waals surface area (Å²) in [5, 5.41) is 14.2. The highest BCUT2D eigenvalue weighted by Crippen LogP contribution is 2.24. The molecule has 3 aromatic rings. The molecule has 2 heterocycles. The minimum Gasteiger partial charge on any atom is -0.465 e. The van der Waals surface area contributed by atoms with E-state index >= 15 is 0 Å². The van der Waals surface area contributed by atoms with E-state index in [0.29, 0.717) is 37.4 Å². The molecule has 1 atom stereocenters. The van der Waals surface area contributed by atoms with Crippen molar-refractivity contribution in [1.29, 1.82) is 0 Å². The summed E-state index contributed by atoms with van der Waals surface area (Å²) in [7, 11) is 0. The maximum absolute atomic E-state index is 13.7. The van der Waals surface area contributed by atoms with Gasteiger partial charge in [-0.05, 0) is 49.2 Å². The molecule has 1 fully saturated rings. The van der Waals surface area contributed by atoms with Gasteiger partial charge in [-0.1, -0.05) is 12.1 Å². The summed E-state index contributed by atoms with van der Waals surface area (Å²) in [6.45, 7) is 5.90. The molecule has 2 aromatic carbocycles. The molecule has 1 aromatic heterocycles. The predicted octanol–water partition coefficient (Wildman–Crippen LogP) is 4.00. The van der Waals surface area contributed by atoms with Gasteiger partial charge in [-0.15, -0.1) is 0 Å². The number of hydrogen-bond acceptors (Lipinski definition) is 5. The Morgan fingerprint density at radius 3 is 2.53 bits per heavy atom. The first kappa shape index (κ1) is 25.5. The van der Waals surface area contributed by atoms with Crippen LogP contribution in [0.15, 0.2) is 59.4 Å². The number of amides is 1. The topological polar surface area (TPSA) is 87.9 Å². The summed E-state index contributed by atoms with van der Waals surface area (Å²) >= 11 is 0. The van der Waals surface area contributed by atoms with Gasteiger partial charge in [0.25, 0.3) is 5.56 Å². The van der Waals surface area contributed by atoms with Crippen molar-refractivity contribution >= 4 is 11.8 Å². The summed E-state index contributed by atoms with van der Waals surface area (Å²) < 4.78 is 34.0. The highest BCUT2D eigenvalue weighted by molar-refractivity contribution is 5.86. The average molecular weight is 499 g/mol. The van der Waals surface area contributed by atoms with Gasteiger partial charge < -0.3 is 9.84 Å². The predicted molar refractivity (Wildman–Crippen MR) is 131 cm³/mol. The Hall–Kier alpha value is -3.63. The van der Waals surface area contributed by atoms with Crippen LogP contribution in [0.25, 0.3) is 11.3 Å². The zero-order valence-corrected chi connectivity index (χ0v) is 19.9. The Labute approximate surface area is 207 Å². The van der Waals surface area contributed by atoms with Crippen LogP contribution in [0.5, 0.6) is 0 Å². The Bertz CT molecular complexity index is 1260. The minimum atomic E-state index is -1.06. The smallest absolute Gasteiger partial charge is 0.411 e. The molecule has 8 nitrogen and oxygen atoms in total. The van der Waals surface area contributed by atoms with Crippen LogP contribution >= 0.6 is 0 Å². The largest absolute Gasteiger partial charge is 0.465 e. The Morgan fingerprint density at radius 1 is 1.11 bits per heavy atom. The van der Waals surface area contributed by atoms with E-state index in [-0.39, 0.29) is 11.3 Å². The van der Waals surface area contributed by atoms with Crippen LogP contribution in [-0.4, -0.2) is 65.3 Å². The number of ether oxygens (including phenoxy) is 1. The fourth-order valence-electron chi connectivity index (χ4n) is 4.26. The second kappa shape index (κ2) is 11.4. The van der Waals surface area contributed by atoms with Crippen molar-refractivity contribution in [2.45, 2.75) is 19.4 Å². The molecule has 0 aliphatic carbocycles. The highest BCUT2D eigenvalue weighted by atomic mass is 19.1. The Kier molecular flexibility index (Phi) is 8.07. The first-order chi connectivity index (χ1) is 17.3. The van der Waals surface area contributed by atoms with Crippen LogP contribution in [0.4, 0.5) is 19.3 Å². The van der Waals surface area contributed by atoms with Crippen LogP contribution in [0.1, 0.15) is 24.9 Å². The number of anilines is 1. The summed E-state index contributed by atoms with van der Waals surface area (Å²) in [4.78, 5) is 28.1. The number of rotatable bonds is 8. The molecule has 1 amide bonds. The van der Waals surface area contributed by atoms with E-state index in [4.69, 9.17) is 4.74 Å². The highest BCUT2D eigenvalue weighted by Gasteiger charge is 2.19. The van der Waals surface area contributed by atoms with Gasteiger partial charge in [0.2, 0.25) is 0 Å². The van der Waals surface area contributed by atoms with E-state index in [1.807, 2.05) is 0 Å². The maximum atomic E-state index is 13.7. The quantitative estimate of drug-likeness (QED) is 0.505. The lowest BCUT2D eigenvalue weighted by atomic mass is 10.1. The standard InChI is InChI=1S/C26H28F2N4O4/c1-18(32-25(33)7-6-24(29-32)20-14-21(27)17-22(28)15-20)19-4-2-5-23(16-19)31(26(34)35)9-3-8-30-10-12-36-13-11-30/h2,4-7,14-18H,3,8-13H2,1H3,(H,34,35). The molecule has 1 unspecified atom stereocenters. The van der Waals surface area contributed by atoms with E-state index in [0.717, 1.165) is 37.8 Å². The second-order valence-electron chi connectivity index (χ2n) is 8.67. The Balaban J connectivity index is 1.55. The molecule has 0 radical (unpaired) electrons. The van der Waals surface area contributed by atoms with Crippen LogP contribution < -0.4 is 10.5 Å². The number of hydrogen-bond donors (Lipinski definition) is 1. The Morgan fingerprint density at radius 2 is 1.83 bits per heavy atom. The van der Waals surface area contributed by atoms with Gasteiger partial charge in [0, 0.05) is 49.6 Å². The summed E-state index contributed by atoms with van der Waals surface area (Å²) in [6, 6.07) is 12.2. The molecule has 0 saturated carbocycles. The lowest BCUT2D eigenvalue weighted by Crippen LogP contribution is -2.39. The summed E-state index contributed by atoms with van der Waals surface area (Å²) in [6.07, 6.45) is -0.397. The third-order valence-corrected chi connectivity index (χ3v) is 6.21. The van der Waals surface area contributed by atoms with Crippen molar-refractivity contribution in [3.05, 3.63) is 82.1 Å². The van der Waals surface area contributed by atoms with E-state index in [9.17, 15) is 23.5 Å². The molecule has 190 valence electrons. The fourth-order valence-corrected chi connectivity index (χ4v) is 4.26. The van der Waals surface area contributed by atoms with Crippen molar-refractivity contribution in [1.82, 2.24) is 14.7 Å². The number of morpholine rings is 1. The summed E-state index contributed by atoms with van der Waals surface area (Å²) in [5.41, 5.74) is 1.22. The second-order valence-corrected chi connectivity index (χ2v) is 8.67. The van der Waals surface area contributed by atoms with Crippen LogP contribution in [0.3, 0.4) is 0 Å². The molecule has 0 bridgehead atoms. The van der Waals surface area contributed by atoms with Gasteiger partial charge >= 0.3 is 6.09 Å². The lowest BCUT2D eigenvalue weighted by molar-refractivity contribution is 0.0376. The van der Waals surface area contributed by atoms with E-state index in [2.05, 4.69) is 10.00 Å². The SMILES string of the molecule is CC(c1cccc(N(CCCN2CCOCC2)C(=O)O)c1)n1nc(-c2cc(F)cc(F)c2)ccc1=O. The maximum Gasteiger partial charge on any atom is 0.411 e. The van der Waals surface area contributed by atoms with Crippen LogP contribution in [0, 0.1) is 11.6 Å². The van der Waals surface area contributed by atoms with E-state index in [1.165, 1.54) is 21.7 Å². The number of halogens is 2. The molecular weight excluding hydrogens is 470 g/mol. The normalized spacial score (nSPS) is 15.0. The lowest BCUT2D eigenvalue weighted by Gasteiger charge is -2.28. The zero-order chi connectivity index (χ0) is 25.7. The van der Waals surface area contributed by atoms with Crippen molar-refractivity contribution in [2.24, 2.45) is 0 Å². The third-order valence-electron chi connectivity index (χ3n) is 6.21.